The molecule has 0 bridgehead atoms. The largest absolute Gasteiger partial charge is 0.494 e. The molecule has 4 rings (SSSR count). The third kappa shape index (κ3) is 9.06. The molecule has 1 unspecified atom stereocenters. The number of esters is 1. The van der Waals surface area contributed by atoms with Crippen molar-refractivity contribution in [3.8, 4) is 28.5 Å². The Hall–Kier alpha value is -4.39. The first kappa shape index (κ1) is 32.5. The first-order chi connectivity index (χ1) is 21.2. The zero-order chi connectivity index (χ0) is 31.5. The van der Waals surface area contributed by atoms with E-state index in [-0.39, 0.29) is 17.7 Å². The van der Waals surface area contributed by atoms with Crippen LogP contribution in [-0.4, -0.2) is 36.6 Å². The number of rotatable bonds is 14. The minimum atomic E-state index is -0.831. The van der Waals surface area contributed by atoms with Gasteiger partial charge < -0.3 is 19.2 Å². The van der Waals surface area contributed by atoms with E-state index in [1.165, 1.54) is 32.8 Å². The summed E-state index contributed by atoms with van der Waals surface area (Å²) in [6.45, 7) is 9.30. The molecule has 232 valence electrons. The van der Waals surface area contributed by atoms with E-state index in [1.54, 1.807) is 18.4 Å². The number of hydrogen-bond acceptors (Lipinski definition) is 6. The summed E-state index contributed by atoms with van der Waals surface area (Å²) < 4.78 is 16.6. The first-order valence-corrected chi connectivity index (χ1v) is 15.4. The van der Waals surface area contributed by atoms with Gasteiger partial charge in [0.1, 0.15) is 23.7 Å². The Bertz CT molecular complexity index is 1480. The normalized spacial score (nSPS) is 12.0. The van der Waals surface area contributed by atoms with E-state index in [0.717, 1.165) is 46.7 Å². The number of amides is 1. The molecule has 7 heteroatoms. The van der Waals surface area contributed by atoms with E-state index < -0.39 is 12.0 Å². The Balaban J connectivity index is 1.35. The van der Waals surface area contributed by atoms with Gasteiger partial charge in [0.25, 0.3) is 5.91 Å². The molecule has 7 nitrogen and oxygen atoms in total. The van der Waals surface area contributed by atoms with Crippen LogP contribution in [0.2, 0.25) is 0 Å². The van der Waals surface area contributed by atoms with Crippen LogP contribution >= 0.6 is 0 Å². The highest BCUT2D eigenvalue weighted by atomic mass is 16.5. The maximum absolute atomic E-state index is 12.9. The zero-order valence-corrected chi connectivity index (χ0v) is 26.5. The lowest BCUT2D eigenvalue weighted by Crippen LogP contribution is -2.43. The molecule has 1 heterocycles. The molecule has 0 aliphatic carbocycles. The van der Waals surface area contributed by atoms with Crippen LogP contribution in [0.4, 0.5) is 0 Å². The molecule has 4 aromatic rings. The predicted molar refractivity (Wildman–Crippen MR) is 174 cm³/mol. The van der Waals surface area contributed by atoms with Gasteiger partial charge in [0.2, 0.25) is 5.89 Å². The Morgan fingerprint density at radius 1 is 0.864 bits per heavy atom. The summed E-state index contributed by atoms with van der Waals surface area (Å²) in [5.41, 5.74) is 4.94. The quantitative estimate of drug-likeness (QED) is 0.117. The lowest BCUT2D eigenvalue weighted by Gasteiger charge is -2.20. The van der Waals surface area contributed by atoms with Crippen molar-refractivity contribution in [3.63, 3.8) is 0 Å². The summed E-state index contributed by atoms with van der Waals surface area (Å²) in [6, 6.07) is 22.1. The number of hydrogen-bond donors (Lipinski definition) is 1. The molecule has 0 spiro atoms. The van der Waals surface area contributed by atoms with E-state index >= 15 is 0 Å². The van der Waals surface area contributed by atoms with Crippen molar-refractivity contribution in [2.24, 2.45) is 0 Å². The van der Waals surface area contributed by atoms with E-state index in [0.29, 0.717) is 11.5 Å². The van der Waals surface area contributed by atoms with Gasteiger partial charge in [-0.25, -0.2) is 9.78 Å². The summed E-state index contributed by atoms with van der Waals surface area (Å²) in [7, 11) is 1.32. The maximum atomic E-state index is 12.9. The Kier molecular flexibility index (Phi) is 11.4. The van der Waals surface area contributed by atoms with Crippen LogP contribution in [0.1, 0.15) is 81.3 Å². The molecule has 0 saturated carbocycles. The number of aromatic nitrogens is 1. The summed E-state index contributed by atoms with van der Waals surface area (Å²) in [4.78, 5) is 30.2. The van der Waals surface area contributed by atoms with Gasteiger partial charge >= 0.3 is 5.97 Å². The average molecular weight is 597 g/mol. The van der Waals surface area contributed by atoms with E-state index in [1.807, 2.05) is 60.7 Å². The molecule has 1 aromatic heterocycles. The minimum Gasteiger partial charge on any atom is -0.494 e. The van der Waals surface area contributed by atoms with Crippen molar-refractivity contribution >= 4 is 11.9 Å². The van der Waals surface area contributed by atoms with Crippen LogP contribution in [0, 0.1) is 0 Å². The lowest BCUT2D eigenvalue weighted by atomic mass is 9.86. The second-order valence-corrected chi connectivity index (χ2v) is 12.1. The number of carbonyl (C=O) groups excluding carboxylic acids is 2. The van der Waals surface area contributed by atoms with Gasteiger partial charge in [0.05, 0.1) is 13.7 Å². The average Bonchev–Trinajstić information content (AvgIpc) is 3.53. The SMILES string of the molecule is CCCCCCCOc1ccc(-c2coc(-c3ccc(CC(NC(=O)c4ccc(C(C)(C)C)cc4)C(=O)OC)cc3)n2)cc1. The van der Waals surface area contributed by atoms with Crippen molar-refractivity contribution in [1.29, 1.82) is 0 Å². The molecule has 1 N–H and O–H groups in total. The number of methoxy groups -OCH3 is 1. The van der Waals surface area contributed by atoms with Crippen LogP contribution in [0.15, 0.2) is 83.5 Å². The van der Waals surface area contributed by atoms with Gasteiger partial charge in [-0.15, -0.1) is 0 Å². The molecule has 0 radical (unpaired) electrons. The maximum Gasteiger partial charge on any atom is 0.328 e. The Morgan fingerprint density at radius 2 is 1.52 bits per heavy atom. The third-order valence-electron chi connectivity index (χ3n) is 7.62. The molecule has 0 aliphatic heterocycles. The second-order valence-electron chi connectivity index (χ2n) is 12.1. The molecular formula is C37H44N2O5. The van der Waals surface area contributed by atoms with Crippen LogP contribution in [0.5, 0.6) is 5.75 Å². The second kappa shape index (κ2) is 15.4. The lowest BCUT2D eigenvalue weighted by molar-refractivity contribution is -0.142. The van der Waals surface area contributed by atoms with Crippen molar-refractivity contribution in [2.45, 2.75) is 77.7 Å². The van der Waals surface area contributed by atoms with Gasteiger partial charge in [-0.05, 0) is 71.5 Å². The fourth-order valence-corrected chi connectivity index (χ4v) is 4.87. The number of benzene rings is 3. The van der Waals surface area contributed by atoms with E-state index in [2.05, 4.69) is 38.0 Å². The Labute approximate surface area is 261 Å². The molecule has 0 aliphatic rings. The predicted octanol–water partition coefficient (Wildman–Crippen LogP) is 8.17. The highest BCUT2D eigenvalue weighted by Gasteiger charge is 2.23. The number of carbonyl (C=O) groups is 2. The molecule has 1 amide bonds. The van der Waals surface area contributed by atoms with Crippen molar-refractivity contribution in [3.05, 3.63) is 95.7 Å². The molecule has 0 fully saturated rings. The van der Waals surface area contributed by atoms with Crippen molar-refractivity contribution < 1.29 is 23.5 Å². The van der Waals surface area contributed by atoms with Gasteiger partial charge in [-0.1, -0.05) is 77.6 Å². The molecule has 1 atom stereocenters. The number of unbranched alkanes of at least 4 members (excludes halogenated alkanes) is 4. The number of nitrogens with zero attached hydrogens (tertiary/aromatic N) is 1. The van der Waals surface area contributed by atoms with Gasteiger partial charge in [0, 0.05) is 23.1 Å². The van der Waals surface area contributed by atoms with Crippen molar-refractivity contribution in [1.82, 2.24) is 10.3 Å². The van der Waals surface area contributed by atoms with Gasteiger partial charge in [-0.2, -0.15) is 0 Å². The third-order valence-corrected chi connectivity index (χ3v) is 7.62. The number of ether oxygens (including phenoxy) is 2. The summed E-state index contributed by atoms with van der Waals surface area (Å²) in [6.07, 6.45) is 7.97. The monoisotopic (exact) mass is 596 g/mol. The van der Waals surface area contributed by atoms with Crippen LogP contribution < -0.4 is 10.1 Å². The van der Waals surface area contributed by atoms with E-state index in [4.69, 9.17) is 13.9 Å². The summed E-state index contributed by atoms with van der Waals surface area (Å²) in [5.74, 6) is 0.514. The van der Waals surface area contributed by atoms with Crippen LogP contribution in [-0.2, 0) is 21.4 Å². The fourth-order valence-electron chi connectivity index (χ4n) is 4.87. The van der Waals surface area contributed by atoms with Gasteiger partial charge in [0.15, 0.2) is 0 Å². The summed E-state index contributed by atoms with van der Waals surface area (Å²) >= 11 is 0. The molecule has 44 heavy (non-hydrogen) atoms. The smallest absolute Gasteiger partial charge is 0.328 e. The fraction of sp³-hybridized carbons (Fsp3) is 0.378. The zero-order valence-electron chi connectivity index (χ0n) is 26.5. The van der Waals surface area contributed by atoms with E-state index in [9.17, 15) is 9.59 Å². The molecule has 0 saturated heterocycles. The topological polar surface area (TPSA) is 90.7 Å². The van der Waals surface area contributed by atoms with Crippen LogP contribution in [0.25, 0.3) is 22.7 Å². The first-order valence-electron chi connectivity index (χ1n) is 15.4. The van der Waals surface area contributed by atoms with Gasteiger partial charge in [-0.3, -0.25) is 4.79 Å². The molecular weight excluding hydrogens is 552 g/mol. The number of nitrogens with one attached hydrogen (secondary N) is 1. The minimum absolute atomic E-state index is 0.0177. The Morgan fingerprint density at radius 3 is 2.16 bits per heavy atom. The highest BCUT2D eigenvalue weighted by Crippen LogP contribution is 2.27. The van der Waals surface area contributed by atoms with Crippen molar-refractivity contribution in [2.75, 3.05) is 13.7 Å². The molecule has 3 aromatic carbocycles. The standard InChI is InChI=1S/C37H44N2O5/c1-6-7-8-9-10-23-43-31-21-17-27(18-22-31)33-25-44-35(39-33)29-13-11-26(12-14-29)24-32(36(41)42-5)38-34(40)28-15-19-30(20-16-28)37(2,3)4/h11-22,25,32H,6-10,23-24H2,1-5H3,(H,38,40). The summed E-state index contributed by atoms with van der Waals surface area (Å²) in [5, 5.41) is 2.83. The van der Waals surface area contributed by atoms with Crippen LogP contribution in [0.3, 0.4) is 0 Å². The highest BCUT2D eigenvalue weighted by molar-refractivity contribution is 5.96. The number of oxazole rings is 1.